The van der Waals surface area contributed by atoms with Gasteiger partial charge in [-0.1, -0.05) is 11.6 Å². The van der Waals surface area contributed by atoms with Crippen LogP contribution < -0.4 is 15.0 Å². The molecular formula is C18H23ClFN5O2. The SMILES string of the molecule is COc1nc(Cl)c(F)cc1N(C)c1nn(C2CCOCC2)c2c1CNCC2. The molecule has 9 heteroatoms. The zero-order valence-corrected chi connectivity index (χ0v) is 16.2. The summed E-state index contributed by atoms with van der Waals surface area (Å²) in [5, 5.41) is 8.13. The molecule has 0 saturated carbocycles. The van der Waals surface area contributed by atoms with Gasteiger partial charge in [-0.25, -0.2) is 4.39 Å². The molecule has 27 heavy (non-hydrogen) atoms. The molecule has 146 valence electrons. The van der Waals surface area contributed by atoms with Gasteiger partial charge in [-0.3, -0.25) is 4.68 Å². The van der Waals surface area contributed by atoms with Crippen LogP contribution in [-0.2, 0) is 17.7 Å². The van der Waals surface area contributed by atoms with E-state index >= 15 is 0 Å². The van der Waals surface area contributed by atoms with Crippen molar-refractivity contribution in [1.29, 1.82) is 0 Å². The second-order valence-electron chi connectivity index (χ2n) is 6.81. The molecule has 0 aromatic carbocycles. The molecule has 0 atom stereocenters. The van der Waals surface area contributed by atoms with Gasteiger partial charge < -0.3 is 19.7 Å². The van der Waals surface area contributed by atoms with Gasteiger partial charge in [0.1, 0.15) is 5.69 Å². The molecule has 0 bridgehead atoms. The number of methoxy groups -OCH3 is 1. The van der Waals surface area contributed by atoms with Crippen molar-refractivity contribution in [3.8, 4) is 5.88 Å². The van der Waals surface area contributed by atoms with Crippen LogP contribution >= 0.6 is 11.6 Å². The van der Waals surface area contributed by atoms with Crippen LogP contribution in [0.2, 0.25) is 5.15 Å². The third-order valence-corrected chi connectivity index (χ3v) is 5.49. The fraction of sp³-hybridized carbons (Fsp3) is 0.556. The van der Waals surface area contributed by atoms with Gasteiger partial charge in [0.15, 0.2) is 16.8 Å². The molecule has 2 aliphatic rings. The summed E-state index contributed by atoms with van der Waals surface area (Å²) in [6.07, 6.45) is 2.81. The lowest BCUT2D eigenvalue weighted by Gasteiger charge is -2.25. The van der Waals surface area contributed by atoms with Crippen molar-refractivity contribution in [2.24, 2.45) is 0 Å². The summed E-state index contributed by atoms with van der Waals surface area (Å²) < 4.78 is 27.0. The highest BCUT2D eigenvalue weighted by atomic mass is 35.5. The lowest BCUT2D eigenvalue weighted by molar-refractivity contribution is 0.0654. The van der Waals surface area contributed by atoms with E-state index in [2.05, 4.69) is 15.0 Å². The molecule has 0 unspecified atom stereocenters. The third-order valence-electron chi connectivity index (χ3n) is 5.23. The second-order valence-corrected chi connectivity index (χ2v) is 7.17. The minimum absolute atomic E-state index is 0.208. The monoisotopic (exact) mass is 395 g/mol. The van der Waals surface area contributed by atoms with Crippen molar-refractivity contribution in [1.82, 2.24) is 20.1 Å². The van der Waals surface area contributed by atoms with Crippen LogP contribution in [0.3, 0.4) is 0 Å². The number of hydrogen-bond donors (Lipinski definition) is 1. The summed E-state index contributed by atoms with van der Waals surface area (Å²) in [6.45, 7) is 3.15. The average molecular weight is 396 g/mol. The van der Waals surface area contributed by atoms with E-state index in [-0.39, 0.29) is 11.0 Å². The topological polar surface area (TPSA) is 64.4 Å². The van der Waals surface area contributed by atoms with Gasteiger partial charge in [0, 0.05) is 57.1 Å². The van der Waals surface area contributed by atoms with Gasteiger partial charge in [0.25, 0.3) is 0 Å². The highest BCUT2D eigenvalue weighted by Crippen LogP contribution is 2.37. The van der Waals surface area contributed by atoms with Crippen LogP contribution in [0.15, 0.2) is 6.07 Å². The molecule has 2 aromatic rings. The smallest absolute Gasteiger partial charge is 0.239 e. The number of anilines is 2. The Balaban J connectivity index is 1.77. The van der Waals surface area contributed by atoms with E-state index < -0.39 is 5.82 Å². The number of pyridine rings is 1. The Morgan fingerprint density at radius 3 is 2.93 bits per heavy atom. The van der Waals surface area contributed by atoms with Gasteiger partial charge in [-0.2, -0.15) is 10.1 Å². The first-order valence-electron chi connectivity index (χ1n) is 9.12. The maximum atomic E-state index is 14.1. The van der Waals surface area contributed by atoms with Crippen molar-refractivity contribution in [2.45, 2.75) is 31.8 Å². The maximum absolute atomic E-state index is 14.1. The standard InChI is InChI=1S/C18H23ClFN5O2/c1-24(15-9-13(20)16(19)22-18(15)26-2)17-12-10-21-6-3-14(12)25(23-17)11-4-7-27-8-5-11/h9,11,21H,3-8,10H2,1-2H3. The number of nitrogens with one attached hydrogen (secondary N) is 1. The number of rotatable bonds is 4. The summed E-state index contributed by atoms with van der Waals surface area (Å²) in [4.78, 5) is 5.83. The highest BCUT2D eigenvalue weighted by molar-refractivity contribution is 6.29. The zero-order valence-electron chi connectivity index (χ0n) is 15.5. The van der Waals surface area contributed by atoms with Gasteiger partial charge in [0.05, 0.1) is 13.2 Å². The number of aromatic nitrogens is 3. The number of ether oxygens (including phenoxy) is 2. The normalized spacial score (nSPS) is 17.6. The van der Waals surface area contributed by atoms with E-state index in [0.29, 0.717) is 11.7 Å². The molecule has 1 saturated heterocycles. The first kappa shape index (κ1) is 18.5. The Bertz CT molecular complexity index is 838. The van der Waals surface area contributed by atoms with Crippen molar-refractivity contribution in [3.63, 3.8) is 0 Å². The summed E-state index contributed by atoms with van der Waals surface area (Å²) in [7, 11) is 3.34. The molecule has 7 nitrogen and oxygen atoms in total. The Morgan fingerprint density at radius 1 is 1.41 bits per heavy atom. The molecule has 0 amide bonds. The summed E-state index contributed by atoms with van der Waals surface area (Å²) in [5.74, 6) is 0.461. The van der Waals surface area contributed by atoms with Gasteiger partial charge in [-0.05, 0) is 12.8 Å². The Labute approximate surface area is 162 Å². The molecule has 1 N–H and O–H groups in total. The lowest BCUT2D eigenvalue weighted by Crippen LogP contribution is -2.28. The Morgan fingerprint density at radius 2 is 2.19 bits per heavy atom. The largest absolute Gasteiger partial charge is 0.479 e. The van der Waals surface area contributed by atoms with E-state index in [1.165, 1.54) is 18.9 Å². The molecule has 1 fully saturated rings. The van der Waals surface area contributed by atoms with E-state index in [1.807, 2.05) is 11.9 Å². The van der Waals surface area contributed by atoms with Crippen LogP contribution in [0.5, 0.6) is 5.88 Å². The Kier molecular flexibility index (Phi) is 5.21. The van der Waals surface area contributed by atoms with E-state index in [0.717, 1.165) is 56.9 Å². The van der Waals surface area contributed by atoms with Crippen LogP contribution in [0.25, 0.3) is 0 Å². The van der Waals surface area contributed by atoms with Crippen molar-refractivity contribution in [3.05, 3.63) is 28.3 Å². The number of fused-ring (bicyclic) bond motifs is 1. The molecule has 4 heterocycles. The first-order chi connectivity index (χ1) is 13.1. The fourth-order valence-electron chi connectivity index (χ4n) is 3.80. The fourth-order valence-corrected chi connectivity index (χ4v) is 3.94. The Hall–Kier alpha value is -1.90. The maximum Gasteiger partial charge on any atom is 0.239 e. The highest BCUT2D eigenvalue weighted by Gasteiger charge is 2.29. The first-order valence-corrected chi connectivity index (χ1v) is 9.50. The van der Waals surface area contributed by atoms with E-state index in [1.54, 1.807) is 0 Å². The van der Waals surface area contributed by atoms with Crippen molar-refractivity contribution >= 4 is 23.1 Å². The molecule has 2 aliphatic heterocycles. The summed E-state index contributed by atoms with van der Waals surface area (Å²) >= 11 is 5.81. The summed E-state index contributed by atoms with van der Waals surface area (Å²) in [6, 6.07) is 1.67. The molecule has 0 spiro atoms. The third kappa shape index (κ3) is 3.37. The minimum Gasteiger partial charge on any atom is -0.479 e. The number of hydrogen-bond acceptors (Lipinski definition) is 6. The molecule has 2 aromatic heterocycles. The quantitative estimate of drug-likeness (QED) is 0.803. The van der Waals surface area contributed by atoms with Crippen LogP contribution in [-0.4, -0.2) is 48.7 Å². The zero-order chi connectivity index (χ0) is 19.0. The predicted molar refractivity (Wildman–Crippen MR) is 101 cm³/mol. The van der Waals surface area contributed by atoms with E-state index in [9.17, 15) is 4.39 Å². The second kappa shape index (κ2) is 7.61. The molecular weight excluding hydrogens is 373 g/mol. The molecule has 0 radical (unpaired) electrons. The predicted octanol–water partition coefficient (Wildman–Crippen LogP) is 2.84. The van der Waals surface area contributed by atoms with Crippen LogP contribution in [0.4, 0.5) is 15.9 Å². The van der Waals surface area contributed by atoms with Gasteiger partial charge >= 0.3 is 0 Å². The van der Waals surface area contributed by atoms with E-state index in [4.69, 9.17) is 26.2 Å². The lowest BCUT2D eigenvalue weighted by atomic mass is 10.1. The van der Waals surface area contributed by atoms with Crippen molar-refractivity contribution in [2.75, 3.05) is 38.8 Å². The minimum atomic E-state index is -0.588. The van der Waals surface area contributed by atoms with Crippen molar-refractivity contribution < 1.29 is 13.9 Å². The van der Waals surface area contributed by atoms with Gasteiger partial charge in [0.2, 0.25) is 5.88 Å². The number of nitrogens with zero attached hydrogens (tertiary/aromatic N) is 4. The van der Waals surface area contributed by atoms with Gasteiger partial charge in [-0.15, -0.1) is 0 Å². The average Bonchev–Trinajstić information content (AvgIpc) is 3.09. The van der Waals surface area contributed by atoms with Crippen LogP contribution in [0, 0.1) is 5.82 Å². The van der Waals surface area contributed by atoms with Crippen LogP contribution in [0.1, 0.15) is 30.1 Å². The molecule has 0 aliphatic carbocycles. The summed E-state index contributed by atoms with van der Waals surface area (Å²) in [5.41, 5.74) is 2.86. The number of halogens is 2. The molecule has 4 rings (SSSR count).